The average Bonchev–Trinajstić information content (AvgIpc) is 2.48. The molecule has 1 aromatic carbocycles. The van der Waals surface area contributed by atoms with Crippen LogP contribution in [0.3, 0.4) is 0 Å². The highest BCUT2D eigenvalue weighted by Gasteiger charge is 1.92. The quantitative estimate of drug-likeness (QED) is 0.417. The number of aliphatic carboxylic acids is 1. The molecule has 0 amide bonds. The third-order valence-electron chi connectivity index (χ3n) is 2.19. The second-order valence-electron chi connectivity index (χ2n) is 3.87. The minimum absolute atomic E-state index is 0.139. The lowest BCUT2D eigenvalue weighted by Gasteiger charge is -2.01. The number of carboxylic acid groups (broad SMARTS) is 1. The second kappa shape index (κ2) is 13.1. The van der Waals surface area contributed by atoms with Crippen LogP contribution in [-0.4, -0.2) is 54.2 Å². The molecule has 4 N–H and O–H groups in total. The Morgan fingerprint density at radius 3 is 2.19 bits per heavy atom. The van der Waals surface area contributed by atoms with Gasteiger partial charge in [0.15, 0.2) is 0 Å². The van der Waals surface area contributed by atoms with Gasteiger partial charge in [0.05, 0.1) is 19.8 Å². The van der Waals surface area contributed by atoms with Crippen LogP contribution >= 0.6 is 0 Å². The van der Waals surface area contributed by atoms with Gasteiger partial charge in [-0.25, -0.2) is 4.79 Å². The van der Waals surface area contributed by atoms with Crippen LogP contribution < -0.4 is 10.1 Å². The number of rotatable bonds is 8. The molecular weight excluding hydrogens is 274 g/mol. The lowest BCUT2D eigenvalue weighted by Crippen LogP contribution is -2.21. The summed E-state index contributed by atoms with van der Waals surface area (Å²) in [6, 6.07) is 7.24. The lowest BCUT2D eigenvalue weighted by molar-refractivity contribution is -0.131. The maximum Gasteiger partial charge on any atom is 0.328 e. The van der Waals surface area contributed by atoms with Crippen molar-refractivity contribution in [2.75, 3.05) is 32.9 Å². The first-order valence-corrected chi connectivity index (χ1v) is 6.70. The largest absolute Gasteiger partial charge is 0.494 e. The topological polar surface area (TPSA) is 99.0 Å². The van der Waals surface area contributed by atoms with Crippen LogP contribution in [0.25, 0.3) is 6.08 Å². The van der Waals surface area contributed by atoms with Gasteiger partial charge < -0.3 is 25.4 Å². The Labute approximate surface area is 124 Å². The molecule has 0 fully saturated rings. The first-order chi connectivity index (χ1) is 10.1. The molecule has 0 radical (unpaired) electrons. The Morgan fingerprint density at radius 2 is 1.76 bits per heavy atom. The number of hydrogen-bond donors (Lipinski definition) is 4. The van der Waals surface area contributed by atoms with E-state index in [4.69, 9.17) is 20.1 Å². The highest BCUT2D eigenvalue weighted by molar-refractivity contribution is 5.85. The van der Waals surface area contributed by atoms with Gasteiger partial charge in [0.2, 0.25) is 0 Å². The van der Waals surface area contributed by atoms with E-state index in [0.717, 1.165) is 17.4 Å². The molecule has 0 aliphatic carbocycles. The van der Waals surface area contributed by atoms with Crippen LogP contribution in [0.4, 0.5) is 0 Å². The van der Waals surface area contributed by atoms with E-state index in [9.17, 15) is 4.79 Å². The van der Waals surface area contributed by atoms with Crippen molar-refractivity contribution in [3.63, 3.8) is 0 Å². The summed E-state index contributed by atoms with van der Waals surface area (Å²) in [5.41, 5.74) is 0.843. The average molecular weight is 297 g/mol. The SMILES string of the molecule is CCOc1ccc(/C=C/C(=O)O)cc1.OCCNCCO. The van der Waals surface area contributed by atoms with E-state index in [-0.39, 0.29) is 13.2 Å². The van der Waals surface area contributed by atoms with Crippen LogP contribution in [0.1, 0.15) is 12.5 Å². The molecular formula is C15H23NO5. The Hall–Kier alpha value is -1.89. The van der Waals surface area contributed by atoms with Crippen molar-refractivity contribution in [3.8, 4) is 5.75 Å². The molecule has 0 saturated heterocycles. The maximum absolute atomic E-state index is 10.2. The number of hydrogen-bond acceptors (Lipinski definition) is 5. The molecule has 21 heavy (non-hydrogen) atoms. The van der Waals surface area contributed by atoms with E-state index in [1.807, 2.05) is 31.2 Å². The zero-order chi connectivity index (χ0) is 15.9. The molecule has 6 heteroatoms. The van der Waals surface area contributed by atoms with E-state index >= 15 is 0 Å². The van der Waals surface area contributed by atoms with E-state index in [2.05, 4.69) is 5.32 Å². The maximum atomic E-state index is 10.2. The predicted octanol–water partition coefficient (Wildman–Crippen LogP) is 0.744. The second-order valence-corrected chi connectivity index (χ2v) is 3.87. The van der Waals surface area contributed by atoms with E-state index in [1.165, 1.54) is 6.08 Å². The smallest absolute Gasteiger partial charge is 0.328 e. The first-order valence-electron chi connectivity index (χ1n) is 6.70. The molecule has 0 heterocycles. The number of nitrogens with one attached hydrogen (secondary N) is 1. The third kappa shape index (κ3) is 11.6. The third-order valence-corrected chi connectivity index (χ3v) is 2.19. The number of aliphatic hydroxyl groups excluding tert-OH is 2. The van der Waals surface area contributed by atoms with Crippen LogP contribution in [0, 0.1) is 0 Å². The molecule has 0 unspecified atom stereocenters. The van der Waals surface area contributed by atoms with Crippen molar-refractivity contribution in [2.45, 2.75) is 6.92 Å². The van der Waals surface area contributed by atoms with Gasteiger partial charge >= 0.3 is 5.97 Å². The number of benzene rings is 1. The van der Waals surface area contributed by atoms with Gasteiger partial charge in [-0.15, -0.1) is 0 Å². The molecule has 118 valence electrons. The van der Waals surface area contributed by atoms with Crippen molar-refractivity contribution in [3.05, 3.63) is 35.9 Å². The molecule has 0 spiro atoms. The molecule has 0 aliphatic heterocycles. The lowest BCUT2D eigenvalue weighted by atomic mass is 10.2. The Bertz CT molecular complexity index is 399. The molecule has 1 rings (SSSR count). The highest BCUT2D eigenvalue weighted by atomic mass is 16.5. The summed E-state index contributed by atoms with van der Waals surface area (Å²) < 4.78 is 5.25. The summed E-state index contributed by atoms with van der Waals surface area (Å²) in [4.78, 5) is 10.2. The number of carboxylic acids is 1. The molecule has 0 saturated carbocycles. The van der Waals surface area contributed by atoms with Crippen LogP contribution in [-0.2, 0) is 4.79 Å². The number of ether oxygens (including phenoxy) is 1. The molecule has 6 nitrogen and oxygen atoms in total. The van der Waals surface area contributed by atoms with E-state index < -0.39 is 5.97 Å². The van der Waals surface area contributed by atoms with Gasteiger partial charge in [0.25, 0.3) is 0 Å². The Balaban J connectivity index is 0.000000486. The van der Waals surface area contributed by atoms with Gasteiger partial charge in [0.1, 0.15) is 5.75 Å². The number of carbonyl (C=O) groups is 1. The van der Waals surface area contributed by atoms with Crippen molar-refractivity contribution < 1.29 is 24.9 Å². The number of aliphatic hydroxyl groups is 2. The zero-order valence-electron chi connectivity index (χ0n) is 12.2. The summed E-state index contributed by atoms with van der Waals surface area (Å²) in [6.45, 7) is 3.96. The van der Waals surface area contributed by atoms with Gasteiger partial charge in [-0.1, -0.05) is 12.1 Å². The van der Waals surface area contributed by atoms with Gasteiger partial charge in [-0.2, -0.15) is 0 Å². The zero-order valence-corrected chi connectivity index (χ0v) is 12.2. The van der Waals surface area contributed by atoms with Crippen molar-refractivity contribution in [1.82, 2.24) is 5.32 Å². The monoisotopic (exact) mass is 297 g/mol. The van der Waals surface area contributed by atoms with Gasteiger partial charge in [-0.05, 0) is 30.7 Å². The predicted molar refractivity (Wildman–Crippen MR) is 81.3 cm³/mol. The highest BCUT2D eigenvalue weighted by Crippen LogP contribution is 2.12. The van der Waals surface area contributed by atoms with Crippen LogP contribution in [0.5, 0.6) is 5.75 Å². The molecule has 0 aromatic heterocycles. The van der Waals surface area contributed by atoms with Gasteiger partial charge in [-0.3, -0.25) is 0 Å². The van der Waals surface area contributed by atoms with Crippen molar-refractivity contribution in [1.29, 1.82) is 0 Å². The summed E-state index contributed by atoms with van der Waals surface area (Å²) in [5.74, 6) is -0.154. The standard InChI is InChI=1S/C11H12O3.C4H11NO2/c1-2-14-10-6-3-9(4-7-10)5-8-11(12)13;6-3-1-5-2-4-7/h3-8H,2H2,1H3,(H,12,13);5-7H,1-4H2/b8-5+;. The van der Waals surface area contributed by atoms with E-state index in [0.29, 0.717) is 19.7 Å². The summed E-state index contributed by atoms with van der Waals surface area (Å²) in [5, 5.41) is 27.5. The van der Waals surface area contributed by atoms with Crippen molar-refractivity contribution >= 4 is 12.0 Å². The summed E-state index contributed by atoms with van der Waals surface area (Å²) >= 11 is 0. The normalized spacial score (nSPS) is 10.0. The van der Waals surface area contributed by atoms with Crippen LogP contribution in [0.15, 0.2) is 30.3 Å². The fraction of sp³-hybridized carbons (Fsp3) is 0.400. The van der Waals surface area contributed by atoms with Crippen molar-refractivity contribution in [2.24, 2.45) is 0 Å². The molecule has 1 aromatic rings. The van der Waals surface area contributed by atoms with E-state index in [1.54, 1.807) is 0 Å². The summed E-state index contributed by atoms with van der Waals surface area (Å²) in [6.07, 6.45) is 2.65. The minimum Gasteiger partial charge on any atom is -0.494 e. The molecule has 0 bridgehead atoms. The van der Waals surface area contributed by atoms with Crippen LogP contribution in [0.2, 0.25) is 0 Å². The molecule has 0 atom stereocenters. The first kappa shape index (κ1) is 19.1. The molecule has 0 aliphatic rings. The Morgan fingerprint density at radius 1 is 1.19 bits per heavy atom. The fourth-order valence-electron chi connectivity index (χ4n) is 1.29. The minimum atomic E-state index is -0.945. The van der Waals surface area contributed by atoms with Gasteiger partial charge in [0, 0.05) is 19.2 Å². The summed E-state index contributed by atoms with van der Waals surface area (Å²) in [7, 11) is 0. The Kier molecular flexibility index (Phi) is 11.9. The fourth-order valence-corrected chi connectivity index (χ4v) is 1.29.